The molecule has 3 N–H and O–H groups in total. The summed E-state index contributed by atoms with van der Waals surface area (Å²) < 4.78 is 0.910. The number of hydrogen-bond donors (Lipinski definition) is 3. The van der Waals surface area contributed by atoms with E-state index in [1.807, 2.05) is 0 Å². The molecule has 0 heterocycles. The minimum absolute atomic E-state index is 0.122. The minimum Gasteiger partial charge on any atom is -0.481 e. The van der Waals surface area contributed by atoms with Crippen LogP contribution < -0.4 is 10.6 Å². The van der Waals surface area contributed by atoms with Gasteiger partial charge in [-0.1, -0.05) is 15.9 Å². The average molecular weight is 369 g/mol. The van der Waals surface area contributed by atoms with Crippen LogP contribution in [0.2, 0.25) is 0 Å². The number of carbonyl (C=O) groups excluding carboxylic acids is 2. The third-order valence-electron chi connectivity index (χ3n) is 3.70. The second-order valence-electron chi connectivity index (χ2n) is 5.32. The Hall–Kier alpha value is -1.89. The van der Waals surface area contributed by atoms with E-state index < -0.39 is 11.9 Å². The number of carbonyl (C=O) groups is 3. The summed E-state index contributed by atoms with van der Waals surface area (Å²) >= 11 is 3.30. The van der Waals surface area contributed by atoms with Crippen molar-refractivity contribution in [1.82, 2.24) is 5.32 Å². The smallest absolute Gasteiger partial charge is 0.306 e. The van der Waals surface area contributed by atoms with E-state index in [9.17, 15) is 14.4 Å². The third kappa shape index (κ3) is 4.56. The van der Waals surface area contributed by atoms with Crippen LogP contribution in [-0.4, -0.2) is 29.4 Å². The summed E-state index contributed by atoms with van der Waals surface area (Å²) in [5, 5.41) is 14.2. The molecule has 6 nitrogen and oxygen atoms in total. The molecule has 0 radical (unpaired) electrons. The van der Waals surface area contributed by atoms with Crippen LogP contribution in [0.5, 0.6) is 0 Å². The van der Waals surface area contributed by atoms with E-state index in [0.29, 0.717) is 24.9 Å². The van der Waals surface area contributed by atoms with Crippen LogP contribution in [0, 0.1) is 11.8 Å². The van der Waals surface area contributed by atoms with E-state index in [4.69, 9.17) is 5.11 Å². The van der Waals surface area contributed by atoms with Crippen molar-refractivity contribution in [2.75, 3.05) is 11.9 Å². The molecule has 1 aliphatic rings. The molecule has 2 rings (SSSR count). The maximum atomic E-state index is 11.9. The van der Waals surface area contributed by atoms with Crippen LogP contribution in [-0.2, 0) is 14.4 Å². The molecule has 0 aromatic heterocycles. The number of nitrogens with one attached hydrogen (secondary N) is 2. The standard InChI is InChI=1S/C15H17BrN2O4/c16-11-3-5-12(6-4-11)18-13(19)8-17-14(20)9-1-2-10(7-9)15(21)22/h3-6,9-10H,1-2,7-8H2,(H,17,20)(H,18,19)(H,21,22)/t9-,10+/m0/s1. The highest BCUT2D eigenvalue weighted by atomic mass is 79.9. The van der Waals surface area contributed by atoms with Crippen LogP contribution >= 0.6 is 15.9 Å². The summed E-state index contributed by atoms with van der Waals surface area (Å²) in [6, 6.07) is 7.11. The van der Waals surface area contributed by atoms with Gasteiger partial charge in [0.1, 0.15) is 0 Å². The molecule has 118 valence electrons. The van der Waals surface area contributed by atoms with Crippen LogP contribution in [0.1, 0.15) is 19.3 Å². The van der Waals surface area contributed by atoms with Crippen molar-refractivity contribution in [2.45, 2.75) is 19.3 Å². The average Bonchev–Trinajstić information content (AvgIpc) is 2.97. The molecule has 1 fully saturated rings. The topological polar surface area (TPSA) is 95.5 Å². The number of carboxylic acids is 1. The van der Waals surface area contributed by atoms with Crippen LogP contribution in [0.4, 0.5) is 5.69 Å². The molecular formula is C15H17BrN2O4. The molecule has 0 bridgehead atoms. The Labute approximate surface area is 136 Å². The molecule has 2 amide bonds. The zero-order valence-corrected chi connectivity index (χ0v) is 13.4. The predicted molar refractivity (Wildman–Crippen MR) is 84.2 cm³/mol. The van der Waals surface area contributed by atoms with E-state index in [-0.39, 0.29) is 24.3 Å². The Morgan fingerprint density at radius 1 is 1.14 bits per heavy atom. The van der Waals surface area contributed by atoms with Gasteiger partial charge in [-0.05, 0) is 43.5 Å². The highest BCUT2D eigenvalue weighted by Crippen LogP contribution is 2.31. The number of halogens is 1. The Balaban J connectivity index is 1.75. The van der Waals surface area contributed by atoms with Crippen molar-refractivity contribution in [3.8, 4) is 0 Å². The molecule has 0 saturated heterocycles. The quantitative estimate of drug-likeness (QED) is 0.740. The summed E-state index contributed by atoms with van der Waals surface area (Å²) in [4.78, 5) is 34.5. The number of amides is 2. The van der Waals surface area contributed by atoms with Crippen LogP contribution in [0.3, 0.4) is 0 Å². The largest absolute Gasteiger partial charge is 0.481 e. The van der Waals surface area contributed by atoms with Gasteiger partial charge in [0, 0.05) is 16.1 Å². The minimum atomic E-state index is -0.858. The maximum absolute atomic E-state index is 11.9. The molecule has 7 heteroatoms. The molecule has 1 saturated carbocycles. The van der Waals surface area contributed by atoms with Crippen molar-refractivity contribution < 1.29 is 19.5 Å². The predicted octanol–water partition coefficient (Wildman–Crippen LogP) is 2.00. The van der Waals surface area contributed by atoms with Crippen molar-refractivity contribution >= 4 is 39.4 Å². The number of hydrogen-bond acceptors (Lipinski definition) is 3. The van der Waals surface area contributed by atoms with Crippen molar-refractivity contribution in [3.63, 3.8) is 0 Å². The van der Waals surface area contributed by atoms with E-state index in [1.54, 1.807) is 24.3 Å². The normalized spacial score (nSPS) is 20.4. The van der Waals surface area contributed by atoms with E-state index in [0.717, 1.165) is 4.47 Å². The molecule has 0 aliphatic heterocycles. The molecule has 1 aromatic rings. The van der Waals surface area contributed by atoms with Gasteiger partial charge >= 0.3 is 5.97 Å². The second kappa shape index (κ2) is 7.40. The molecule has 1 aliphatic carbocycles. The fourth-order valence-electron chi connectivity index (χ4n) is 2.49. The van der Waals surface area contributed by atoms with Gasteiger partial charge < -0.3 is 15.7 Å². The lowest BCUT2D eigenvalue weighted by atomic mass is 10.0. The lowest BCUT2D eigenvalue weighted by Crippen LogP contribution is -2.36. The molecule has 0 unspecified atom stereocenters. The SMILES string of the molecule is O=C(CNC(=O)[C@H]1CC[C@@H](C(=O)O)C1)Nc1ccc(Br)cc1. The van der Waals surface area contributed by atoms with Gasteiger partial charge in [-0.15, -0.1) is 0 Å². The first-order chi connectivity index (χ1) is 10.5. The van der Waals surface area contributed by atoms with Gasteiger partial charge in [-0.2, -0.15) is 0 Å². The zero-order valence-electron chi connectivity index (χ0n) is 11.8. The van der Waals surface area contributed by atoms with Crippen molar-refractivity contribution in [3.05, 3.63) is 28.7 Å². The summed E-state index contributed by atoms with van der Waals surface area (Å²) in [6.07, 6.45) is 1.41. The van der Waals surface area contributed by atoms with Gasteiger partial charge in [0.2, 0.25) is 11.8 Å². The van der Waals surface area contributed by atoms with Gasteiger partial charge in [0.15, 0.2) is 0 Å². The molecule has 22 heavy (non-hydrogen) atoms. The summed E-state index contributed by atoms with van der Waals surface area (Å²) in [7, 11) is 0. The summed E-state index contributed by atoms with van der Waals surface area (Å²) in [6.45, 7) is -0.122. The van der Waals surface area contributed by atoms with E-state index >= 15 is 0 Å². The monoisotopic (exact) mass is 368 g/mol. The molecular weight excluding hydrogens is 352 g/mol. The number of carboxylic acid groups (broad SMARTS) is 1. The summed E-state index contributed by atoms with van der Waals surface area (Å²) in [5.74, 6) is -2.20. The number of rotatable bonds is 5. The lowest BCUT2D eigenvalue weighted by molar-refractivity contribution is -0.141. The van der Waals surface area contributed by atoms with Gasteiger partial charge in [0.05, 0.1) is 12.5 Å². The van der Waals surface area contributed by atoms with Crippen LogP contribution in [0.25, 0.3) is 0 Å². The molecule has 1 aromatic carbocycles. The Morgan fingerprint density at radius 2 is 1.77 bits per heavy atom. The fourth-order valence-corrected chi connectivity index (χ4v) is 2.76. The molecule has 0 spiro atoms. The van der Waals surface area contributed by atoms with E-state index in [2.05, 4.69) is 26.6 Å². The third-order valence-corrected chi connectivity index (χ3v) is 4.23. The highest BCUT2D eigenvalue weighted by Gasteiger charge is 2.33. The fraction of sp³-hybridized carbons (Fsp3) is 0.400. The van der Waals surface area contributed by atoms with Crippen molar-refractivity contribution in [1.29, 1.82) is 0 Å². The second-order valence-corrected chi connectivity index (χ2v) is 6.23. The van der Waals surface area contributed by atoms with Crippen LogP contribution in [0.15, 0.2) is 28.7 Å². The molecule has 2 atom stereocenters. The first-order valence-corrected chi connectivity index (χ1v) is 7.81. The number of anilines is 1. The Bertz CT molecular complexity index is 573. The van der Waals surface area contributed by atoms with Gasteiger partial charge in [-0.3, -0.25) is 14.4 Å². The van der Waals surface area contributed by atoms with E-state index in [1.165, 1.54) is 0 Å². The summed E-state index contributed by atoms with van der Waals surface area (Å²) in [5.41, 5.74) is 0.647. The maximum Gasteiger partial charge on any atom is 0.306 e. The lowest BCUT2D eigenvalue weighted by Gasteiger charge is -2.11. The highest BCUT2D eigenvalue weighted by molar-refractivity contribution is 9.10. The van der Waals surface area contributed by atoms with Gasteiger partial charge in [0.25, 0.3) is 0 Å². The zero-order chi connectivity index (χ0) is 16.1. The number of aliphatic carboxylic acids is 1. The van der Waals surface area contributed by atoms with Crippen molar-refractivity contribution in [2.24, 2.45) is 11.8 Å². The first kappa shape index (κ1) is 16.5. The Kier molecular flexibility index (Phi) is 5.54. The Morgan fingerprint density at radius 3 is 2.36 bits per heavy atom. The van der Waals surface area contributed by atoms with Gasteiger partial charge in [-0.25, -0.2) is 0 Å². The first-order valence-electron chi connectivity index (χ1n) is 7.01. The number of benzene rings is 1.